The predicted molar refractivity (Wildman–Crippen MR) is 93.1 cm³/mol. The third kappa shape index (κ3) is 4.71. The molecule has 0 amide bonds. The summed E-state index contributed by atoms with van der Waals surface area (Å²) >= 11 is 2.12. The number of hydrogen-bond acceptors (Lipinski definition) is 5. The van der Waals surface area contributed by atoms with Crippen molar-refractivity contribution in [2.45, 2.75) is 51.6 Å². The van der Waals surface area contributed by atoms with Gasteiger partial charge in [-0.1, -0.05) is 0 Å². The molecule has 10 heteroatoms. The molecule has 2 aromatic rings. The number of Topliss-reactive ketones (excluding diaryl/α,β-unsaturated/α-hetero) is 1. The fourth-order valence-corrected chi connectivity index (χ4v) is 5.03. The Morgan fingerprint density at radius 1 is 1.22 bits per heavy atom. The number of carbonyl (C=O) groups is 1. The molecule has 0 unspecified atom stereocenters. The normalized spacial score (nSPS) is 21.0. The molecule has 1 aliphatic rings. The second-order valence-corrected chi connectivity index (χ2v) is 8.60. The Labute approximate surface area is 160 Å². The molecule has 0 aromatic carbocycles. The molecule has 1 fully saturated rings. The number of ketones is 1. The number of hydrogen-bond donors (Lipinski definition) is 0. The smallest absolute Gasteiger partial charge is 0.299 e. The minimum atomic E-state index is -4.19. The first-order valence-electron chi connectivity index (χ1n) is 8.44. The molecule has 0 atom stereocenters. The molecule has 1 aliphatic carbocycles. The third-order valence-corrected chi connectivity index (χ3v) is 6.79. The Kier molecular flexibility index (Phi) is 5.95. The van der Waals surface area contributed by atoms with E-state index in [0.29, 0.717) is 21.3 Å². The van der Waals surface area contributed by atoms with E-state index in [4.69, 9.17) is 0 Å². The number of aryl methyl sites for hydroxylation is 1. The second kappa shape index (κ2) is 7.90. The van der Waals surface area contributed by atoms with Gasteiger partial charge in [0, 0.05) is 11.3 Å². The maximum Gasteiger partial charge on any atom is 0.391 e. The van der Waals surface area contributed by atoms with Crippen LogP contribution in [-0.2, 0) is 11.2 Å². The Morgan fingerprint density at radius 2 is 1.89 bits per heavy atom. The van der Waals surface area contributed by atoms with Gasteiger partial charge in [-0.2, -0.15) is 13.2 Å². The topological polar surface area (TPSA) is 42.9 Å². The molecule has 27 heavy (non-hydrogen) atoms. The summed E-state index contributed by atoms with van der Waals surface area (Å²) in [7, 11) is 0. The van der Waals surface area contributed by atoms with Crippen molar-refractivity contribution in [2.75, 3.05) is 0 Å². The Morgan fingerprint density at radius 3 is 2.44 bits per heavy atom. The van der Waals surface area contributed by atoms with E-state index in [1.54, 1.807) is 12.3 Å². The Bertz CT molecular complexity index is 807. The first-order valence-corrected chi connectivity index (χ1v) is 10.1. The first-order chi connectivity index (χ1) is 12.6. The van der Waals surface area contributed by atoms with Gasteiger partial charge in [-0.25, -0.2) is 18.7 Å². The molecule has 0 spiro atoms. The van der Waals surface area contributed by atoms with Crippen molar-refractivity contribution in [3.05, 3.63) is 21.1 Å². The Balaban J connectivity index is 1.62. The van der Waals surface area contributed by atoms with Gasteiger partial charge in [0.15, 0.2) is 5.01 Å². The SMILES string of the molecule is Cc1nc(C(F)F)sc1-c1csc(CC(=O)C2CCC(C(F)(F)F)CC2)n1. The zero-order valence-electron chi connectivity index (χ0n) is 14.4. The summed E-state index contributed by atoms with van der Waals surface area (Å²) in [6.07, 6.45) is -6.32. The van der Waals surface area contributed by atoms with E-state index in [2.05, 4.69) is 9.97 Å². The van der Waals surface area contributed by atoms with Crippen LogP contribution in [0.5, 0.6) is 0 Å². The lowest BCUT2D eigenvalue weighted by Crippen LogP contribution is -2.30. The van der Waals surface area contributed by atoms with Crippen LogP contribution in [0.4, 0.5) is 22.0 Å². The molecule has 2 heterocycles. The van der Waals surface area contributed by atoms with Gasteiger partial charge in [0.1, 0.15) is 10.8 Å². The van der Waals surface area contributed by atoms with Gasteiger partial charge in [-0.3, -0.25) is 4.79 Å². The van der Waals surface area contributed by atoms with Crippen molar-refractivity contribution in [1.82, 2.24) is 9.97 Å². The largest absolute Gasteiger partial charge is 0.391 e. The Hall–Kier alpha value is -1.42. The fourth-order valence-electron chi connectivity index (χ4n) is 3.28. The highest BCUT2D eigenvalue weighted by atomic mass is 32.1. The van der Waals surface area contributed by atoms with Crippen LogP contribution in [0.25, 0.3) is 10.6 Å². The van der Waals surface area contributed by atoms with E-state index in [1.807, 2.05) is 0 Å². The van der Waals surface area contributed by atoms with Crippen molar-refractivity contribution in [2.24, 2.45) is 11.8 Å². The lowest BCUT2D eigenvalue weighted by Gasteiger charge is -2.28. The molecular weight excluding hydrogens is 407 g/mol. The summed E-state index contributed by atoms with van der Waals surface area (Å²) in [5.41, 5.74) is 0.967. The van der Waals surface area contributed by atoms with Crippen molar-refractivity contribution >= 4 is 28.5 Å². The van der Waals surface area contributed by atoms with E-state index in [9.17, 15) is 26.7 Å². The van der Waals surface area contributed by atoms with Crippen LogP contribution >= 0.6 is 22.7 Å². The summed E-state index contributed by atoms with van der Waals surface area (Å²) in [5, 5.41) is 1.97. The zero-order chi connectivity index (χ0) is 19.8. The molecule has 148 valence electrons. The van der Waals surface area contributed by atoms with Crippen molar-refractivity contribution in [3.8, 4) is 10.6 Å². The number of halogens is 5. The highest BCUT2D eigenvalue weighted by molar-refractivity contribution is 7.16. The van der Waals surface area contributed by atoms with Crippen LogP contribution in [0.2, 0.25) is 0 Å². The summed E-state index contributed by atoms with van der Waals surface area (Å²) in [5.74, 6) is -1.79. The standard InChI is InChI=1S/C17H17F5N2OS2/c1-8-14(27-16(23-8)15(18)19)11-7-26-13(24-11)6-12(25)9-2-4-10(5-3-9)17(20,21)22/h7,9-10,15H,2-6H2,1H3. The molecule has 1 saturated carbocycles. The van der Waals surface area contributed by atoms with Gasteiger partial charge >= 0.3 is 6.18 Å². The molecule has 0 saturated heterocycles. The molecule has 0 aliphatic heterocycles. The monoisotopic (exact) mass is 424 g/mol. The second-order valence-electron chi connectivity index (χ2n) is 6.63. The van der Waals surface area contributed by atoms with E-state index in [0.717, 1.165) is 11.3 Å². The van der Waals surface area contributed by atoms with Gasteiger partial charge in [0.25, 0.3) is 6.43 Å². The minimum Gasteiger partial charge on any atom is -0.299 e. The third-order valence-electron chi connectivity index (χ3n) is 4.76. The molecule has 3 nitrogen and oxygen atoms in total. The van der Waals surface area contributed by atoms with Crippen LogP contribution < -0.4 is 0 Å². The maximum atomic E-state index is 12.8. The van der Waals surface area contributed by atoms with E-state index < -0.39 is 18.5 Å². The van der Waals surface area contributed by atoms with Gasteiger partial charge in [-0.05, 0) is 32.6 Å². The average molecular weight is 424 g/mol. The van der Waals surface area contributed by atoms with Crippen LogP contribution in [0, 0.1) is 18.8 Å². The number of thiazole rings is 2. The summed E-state index contributed by atoms with van der Waals surface area (Å²) in [6.45, 7) is 1.63. The molecule has 3 rings (SSSR count). The molecule has 0 radical (unpaired) electrons. The molecule has 0 bridgehead atoms. The fraction of sp³-hybridized carbons (Fsp3) is 0.588. The highest BCUT2D eigenvalue weighted by Gasteiger charge is 2.42. The summed E-state index contributed by atoms with van der Waals surface area (Å²) in [6, 6.07) is 0. The summed E-state index contributed by atoms with van der Waals surface area (Å²) < 4.78 is 63.7. The van der Waals surface area contributed by atoms with E-state index >= 15 is 0 Å². The van der Waals surface area contributed by atoms with Gasteiger partial charge < -0.3 is 0 Å². The first kappa shape index (κ1) is 20.3. The average Bonchev–Trinajstić information content (AvgIpc) is 3.20. The number of carbonyl (C=O) groups excluding carboxylic acids is 1. The van der Waals surface area contributed by atoms with Crippen LogP contribution in [0.3, 0.4) is 0 Å². The van der Waals surface area contributed by atoms with Crippen LogP contribution in [0.15, 0.2) is 5.38 Å². The minimum absolute atomic E-state index is 0.0144. The lowest BCUT2D eigenvalue weighted by molar-refractivity contribution is -0.184. The maximum absolute atomic E-state index is 12.8. The number of nitrogens with zero attached hydrogens (tertiary/aromatic N) is 2. The lowest BCUT2D eigenvalue weighted by atomic mass is 9.79. The predicted octanol–water partition coefficient (Wildman–Crippen LogP) is 5.99. The molecular formula is C17H17F5N2OS2. The molecule has 0 N–H and O–H groups in total. The van der Waals surface area contributed by atoms with Crippen molar-refractivity contribution in [3.63, 3.8) is 0 Å². The number of alkyl halides is 5. The number of aromatic nitrogens is 2. The van der Waals surface area contributed by atoms with Crippen LogP contribution in [-0.4, -0.2) is 21.9 Å². The highest BCUT2D eigenvalue weighted by Crippen LogP contribution is 2.40. The van der Waals surface area contributed by atoms with Gasteiger partial charge in [0.05, 0.1) is 28.6 Å². The van der Waals surface area contributed by atoms with Gasteiger partial charge in [0.2, 0.25) is 0 Å². The van der Waals surface area contributed by atoms with Crippen molar-refractivity contribution in [1.29, 1.82) is 0 Å². The van der Waals surface area contributed by atoms with Crippen LogP contribution in [0.1, 0.15) is 47.8 Å². The zero-order valence-corrected chi connectivity index (χ0v) is 16.0. The van der Waals surface area contributed by atoms with E-state index in [1.165, 1.54) is 11.3 Å². The van der Waals surface area contributed by atoms with E-state index in [-0.39, 0.29) is 48.8 Å². The summed E-state index contributed by atoms with van der Waals surface area (Å²) in [4.78, 5) is 21.1. The number of rotatable bonds is 5. The van der Waals surface area contributed by atoms with Crippen molar-refractivity contribution < 1.29 is 26.7 Å². The van der Waals surface area contributed by atoms with Gasteiger partial charge in [-0.15, -0.1) is 22.7 Å². The quantitative estimate of drug-likeness (QED) is 0.554. The molecule has 2 aromatic heterocycles.